The van der Waals surface area contributed by atoms with Crippen LogP contribution in [-0.4, -0.2) is 45.6 Å². The molecule has 0 aliphatic heterocycles. The van der Waals surface area contributed by atoms with Gasteiger partial charge in [-0.1, -0.05) is 5.21 Å². The second-order valence-corrected chi connectivity index (χ2v) is 3.29. The van der Waals surface area contributed by atoms with Crippen LogP contribution in [0.4, 0.5) is 0 Å². The van der Waals surface area contributed by atoms with E-state index >= 15 is 0 Å². The van der Waals surface area contributed by atoms with Gasteiger partial charge in [0.15, 0.2) is 0 Å². The second-order valence-electron chi connectivity index (χ2n) is 3.29. The van der Waals surface area contributed by atoms with Gasteiger partial charge in [-0.25, -0.2) is 0 Å². The van der Waals surface area contributed by atoms with Gasteiger partial charge >= 0.3 is 0 Å². The van der Waals surface area contributed by atoms with Crippen molar-refractivity contribution in [3.8, 4) is 0 Å². The Morgan fingerprint density at radius 1 is 1.54 bits per heavy atom. The fourth-order valence-electron chi connectivity index (χ4n) is 1.07. The Labute approximate surface area is 78.0 Å². The van der Waals surface area contributed by atoms with E-state index in [0.717, 1.165) is 19.5 Å². The normalized spacial score (nSPS) is 11.1. The lowest BCUT2D eigenvalue weighted by atomic mass is 10.4. The lowest BCUT2D eigenvalue weighted by molar-refractivity contribution is 0.276. The van der Waals surface area contributed by atoms with E-state index in [1.807, 2.05) is 14.1 Å². The van der Waals surface area contributed by atoms with Crippen molar-refractivity contribution in [3.63, 3.8) is 0 Å². The smallest absolute Gasteiger partial charge is 0.108 e. The third-order valence-corrected chi connectivity index (χ3v) is 1.74. The molecule has 5 heteroatoms. The molecular formula is C8H16N4O. The summed E-state index contributed by atoms with van der Waals surface area (Å²) >= 11 is 0. The average Bonchev–Trinajstić information content (AvgIpc) is 2.52. The monoisotopic (exact) mass is 184 g/mol. The van der Waals surface area contributed by atoms with E-state index < -0.39 is 0 Å². The molecule has 0 bridgehead atoms. The molecule has 0 radical (unpaired) electrons. The number of aliphatic hydroxyl groups is 1. The van der Waals surface area contributed by atoms with Gasteiger partial charge in [-0.05, 0) is 27.1 Å². The van der Waals surface area contributed by atoms with Crippen molar-refractivity contribution in [2.75, 3.05) is 20.6 Å². The predicted molar refractivity (Wildman–Crippen MR) is 49.1 cm³/mol. The SMILES string of the molecule is CN(C)CCCn1cc(CO)nn1. The molecule has 0 fully saturated rings. The zero-order valence-corrected chi connectivity index (χ0v) is 8.14. The molecule has 13 heavy (non-hydrogen) atoms. The van der Waals surface area contributed by atoms with E-state index in [-0.39, 0.29) is 6.61 Å². The molecule has 0 spiro atoms. The molecule has 0 atom stereocenters. The van der Waals surface area contributed by atoms with E-state index in [1.54, 1.807) is 10.9 Å². The number of nitrogens with zero attached hydrogens (tertiary/aromatic N) is 4. The molecule has 0 unspecified atom stereocenters. The average molecular weight is 184 g/mol. The molecule has 0 saturated heterocycles. The van der Waals surface area contributed by atoms with Gasteiger partial charge in [0.05, 0.1) is 12.8 Å². The van der Waals surface area contributed by atoms with E-state index in [1.165, 1.54) is 0 Å². The molecule has 0 amide bonds. The Balaban J connectivity index is 2.28. The topological polar surface area (TPSA) is 54.2 Å². The third kappa shape index (κ3) is 3.52. The minimum absolute atomic E-state index is 0.0340. The summed E-state index contributed by atoms with van der Waals surface area (Å²) in [5.74, 6) is 0. The molecule has 0 aliphatic rings. The summed E-state index contributed by atoms with van der Waals surface area (Å²) in [7, 11) is 4.08. The first-order chi connectivity index (χ1) is 6.22. The molecule has 0 aromatic carbocycles. The molecular weight excluding hydrogens is 168 g/mol. The van der Waals surface area contributed by atoms with Crippen LogP contribution in [0.15, 0.2) is 6.20 Å². The molecule has 0 saturated carbocycles. The maximum Gasteiger partial charge on any atom is 0.108 e. The van der Waals surface area contributed by atoms with Gasteiger partial charge < -0.3 is 10.0 Å². The van der Waals surface area contributed by atoms with Crippen LogP contribution >= 0.6 is 0 Å². The molecule has 1 N–H and O–H groups in total. The lowest BCUT2D eigenvalue weighted by Gasteiger charge is -2.07. The predicted octanol–water partition coefficient (Wildman–Crippen LogP) is -0.278. The van der Waals surface area contributed by atoms with Gasteiger partial charge in [0.1, 0.15) is 5.69 Å². The zero-order chi connectivity index (χ0) is 9.68. The summed E-state index contributed by atoms with van der Waals surface area (Å²) in [5.41, 5.74) is 0.629. The molecule has 1 aromatic rings. The maximum absolute atomic E-state index is 8.74. The van der Waals surface area contributed by atoms with Crippen molar-refractivity contribution in [1.82, 2.24) is 19.9 Å². The Bertz CT molecular complexity index is 246. The van der Waals surface area contributed by atoms with Gasteiger partial charge in [-0.3, -0.25) is 4.68 Å². The standard InChI is InChI=1S/C8H16N4O/c1-11(2)4-3-5-12-6-8(7-13)9-10-12/h6,13H,3-5,7H2,1-2H3. The van der Waals surface area contributed by atoms with Crippen molar-refractivity contribution in [3.05, 3.63) is 11.9 Å². The highest BCUT2D eigenvalue weighted by molar-refractivity contribution is 4.88. The third-order valence-electron chi connectivity index (χ3n) is 1.74. The van der Waals surface area contributed by atoms with Crippen LogP contribution in [0.5, 0.6) is 0 Å². The van der Waals surface area contributed by atoms with Crippen LogP contribution in [-0.2, 0) is 13.2 Å². The van der Waals surface area contributed by atoms with E-state index in [2.05, 4.69) is 15.2 Å². The number of hydrogen-bond acceptors (Lipinski definition) is 4. The first-order valence-corrected chi connectivity index (χ1v) is 4.37. The van der Waals surface area contributed by atoms with Crippen molar-refractivity contribution in [2.24, 2.45) is 0 Å². The highest BCUT2D eigenvalue weighted by Gasteiger charge is 1.98. The Morgan fingerprint density at radius 2 is 2.31 bits per heavy atom. The van der Waals surface area contributed by atoms with Crippen molar-refractivity contribution in [1.29, 1.82) is 0 Å². The van der Waals surface area contributed by atoms with Gasteiger partial charge in [-0.2, -0.15) is 0 Å². The number of aromatic nitrogens is 3. The largest absolute Gasteiger partial charge is 0.390 e. The van der Waals surface area contributed by atoms with Crippen LogP contribution in [0.1, 0.15) is 12.1 Å². The highest BCUT2D eigenvalue weighted by Crippen LogP contribution is 1.94. The van der Waals surface area contributed by atoms with E-state index in [4.69, 9.17) is 5.11 Å². The Morgan fingerprint density at radius 3 is 2.85 bits per heavy atom. The zero-order valence-electron chi connectivity index (χ0n) is 8.14. The van der Waals surface area contributed by atoms with Crippen LogP contribution < -0.4 is 0 Å². The summed E-state index contributed by atoms with van der Waals surface area (Å²) in [6.07, 6.45) is 2.82. The molecule has 74 valence electrons. The first-order valence-electron chi connectivity index (χ1n) is 4.37. The fraction of sp³-hybridized carbons (Fsp3) is 0.750. The molecule has 1 heterocycles. The molecule has 0 aliphatic carbocycles. The first kappa shape index (κ1) is 10.1. The second kappa shape index (κ2) is 4.94. The fourth-order valence-corrected chi connectivity index (χ4v) is 1.07. The Hall–Kier alpha value is -0.940. The molecule has 1 aromatic heterocycles. The van der Waals surface area contributed by atoms with Crippen LogP contribution in [0.2, 0.25) is 0 Å². The van der Waals surface area contributed by atoms with Gasteiger partial charge in [0.2, 0.25) is 0 Å². The van der Waals surface area contributed by atoms with Crippen molar-refractivity contribution in [2.45, 2.75) is 19.6 Å². The minimum atomic E-state index is -0.0340. The summed E-state index contributed by atoms with van der Waals surface area (Å²) in [6, 6.07) is 0. The Kier molecular flexibility index (Phi) is 3.85. The number of rotatable bonds is 5. The quantitative estimate of drug-likeness (QED) is 0.684. The summed E-state index contributed by atoms with van der Waals surface area (Å²) < 4.78 is 1.76. The van der Waals surface area contributed by atoms with E-state index in [0.29, 0.717) is 5.69 Å². The summed E-state index contributed by atoms with van der Waals surface area (Å²) in [5, 5.41) is 16.4. The highest BCUT2D eigenvalue weighted by atomic mass is 16.3. The number of aliphatic hydroxyl groups excluding tert-OH is 1. The molecule has 1 rings (SSSR count). The van der Waals surface area contributed by atoms with Crippen molar-refractivity contribution < 1.29 is 5.11 Å². The van der Waals surface area contributed by atoms with Gasteiger partial charge in [-0.15, -0.1) is 5.10 Å². The van der Waals surface area contributed by atoms with Crippen LogP contribution in [0, 0.1) is 0 Å². The number of hydrogen-bond donors (Lipinski definition) is 1. The molecule has 5 nitrogen and oxygen atoms in total. The maximum atomic E-state index is 8.74. The van der Waals surface area contributed by atoms with Gasteiger partial charge in [0, 0.05) is 6.54 Å². The summed E-state index contributed by atoms with van der Waals surface area (Å²) in [4.78, 5) is 2.13. The van der Waals surface area contributed by atoms with Crippen LogP contribution in [0.3, 0.4) is 0 Å². The minimum Gasteiger partial charge on any atom is -0.390 e. The number of aryl methyl sites for hydroxylation is 1. The lowest BCUT2D eigenvalue weighted by Crippen LogP contribution is -2.15. The van der Waals surface area contributed by atoms with Crippen LogP contribution in [0.25, 0.3) is 0 Å². The van der Waals surface area contributed by atoms with E-state index in [9.17, 15) is 0 Å². The van der Waals surface area contributed by atoms with Crippen molar-refractivity contribution >= 4 is 0 Å². The van der Waals surface area contributed by atoms with Gasteiger partial charge in [0.25, 0.3) is 0 Å². The summed E-state index contributed by atoms with van der Waals surface area (Å²) in [6.45, 7) is 1.85.